The lowest BCUT2D eigenvalue weighted by Crippen LogP contribution is -2.40. The summed E-state index contributed by atoms with van der Waals surface area (Å²) in [6.07, 6.45) is 5.03. The number of hydrogen-bond acceptors (Lipinski definition) is 3. The van der Waals surface area contributed by atoms with Crippen LogP contribution < -0.4 is 5.32 Å². The average molecular weight is 433 g/mol. The van der Waals surface area contributed by atoms with Crippen LogP contribution in [0.15, 0.2) is 18.2 Å². The highest BCUT2D eigenvalue weighted by molar-refractivity contribution is 5.98. The van der Waals surface area contributed by atoms with E-state index in [1.54, 1.807) is 0 Å². The van der Waals surface area contributed by atoms with Crippen molar-refractivity contribution in [3.05, 3.63) is 35.1 Å². The van der Waals surface area contributed by atoms with Gasteiger partial charge in [0.05, 0.1) is 17.7 Å². The molecular formula is C22H31F4NO3. The second-order valence-corrected chi connectivity index (χ2v) is 7.35. The van der Waals surface area contributed by atoms with Gasteiger partial charge in [0.2, 0.25) is 0 Å². The molecule has 0 aliphatic rings. The lowest BCUT2D eigenvalue weighted by molar-refractivity contribution is -0.145. The maximum atomic E-state index is 13.8. The van der Waals surface area contributed by atoms with Gasteiger partial charge in [0.1, 0.15) is 11.9 Å². The van der Waals surface area contributed by atoms with Crippen LogP contribution in [0.5, 0.6) is 0 Å². The minimum atomic E-state index is -4.89. The number of unbranched alkanes of at least 4 members (excludes halogenated alkanes) is 8. The van der Waals surface area contributed by atoms with Gasteiger partial charge in [-0.3, -0.25) is 4.79 Å². The molecule has 0 aliphatic heterocycles. The lowest BCUT2D eigenvalue weighted by atomic mass is 10.1. The van der Waals surface area contributed by atoms with Gasteiger partial charge < -0.3 is 10.1 Å². The minimum Gasteiger partial charge on any atom is -0.464 e. The number of alkyl halides is 3. The second-order valence-electron chi connectivity index (χ2n) is 7.35. The van der Waals surface area contributed by atoms with Crippen LogP contribution in [0.2, 0.25) is 0 Å². The van der Waals surface area contributed by atoms with Gasteiger partial charge in [0, 0.05) is 0 Å². The molecule has 0 aliphatic carbocycles. The van der Waals surface area contributed by atoms with Crippen LogP contribution in [-0.2, 0) is 15.7 Å². The first-order valence-electron chi connectivity index (χ1n) is 10.5. The molecule has 1 amide bonds. The highest BCUT2D eigenvalue weighted by atomic mass is 19.4. The molecule has 1 N–H and O–H groups in total. The van der Waals surface area contributed by atoms with Gasteiger partial charge >= 0.3 is 12.1 Å². The molecule has 4 nitrogen and oxygen atoms in total. The zero-order valence-corrected chi connectivity index (χ0v) is 17.6. The van der Waals surface area contributed by atoms with Crippen molar-refractivity contribution in [1.82, 2.24) is 5.32 Å². The van der Waals surface area contributed by atoms with Gasteiger partial charge in [-0.2, -0.15) is 13.2 Å². The van der Waals surface area contributed by atoms with Crippen molar-refractivity contribution in [3.63, 3.8) is 0 Å². The van der Waals surface area contributed by atoms with E-state index in [1.165, 1.54) is 39.0 Å². The summed E-state index contributed by atoms with van der Waals surface area (Å²) in [5.41, 5.74) is -2.53. The van der Waals surface area contributed by atoms with Gasteiger partial charge in [-0.05, 0) is 25.5 Å². The molecule has 170 valence electrons. The summed E-state index contributed by atoms with van der Waals surface area (Å²) in [5.74, 6) is -3.39. The van der Waals surface area contributed by atoms with E-state index in [2.05, 4.69) is 12.2 Å². The fourth-order valence-electron chi connectivity index (χ4n) is 3.03. The summed E-state index contributed by atoms with van der Waals surface area (Å²) in [4.78, 5) is 24.1. The third-order valence-electron chi connectivity index (χ3n) is 4.74. The molecule has 1 rings (SSSR count). The third-order valence-corrected chi connectivity index (χ3v) is 4.74. The first-order chi connectivity index (χ1) is 14.2. The van der Waals surface area contributed by atoms with Crippen molar-refractivity contribution < 1.29 is 31.9 Å². The van der Waals surface area contributed by atoms with Gasteiger partial charge in [0.25, 0.3) is 5.91 Å². The molecule has 1 aromatic rings. The molecule has 30 heavy (non-hydrogen) atoms. The van der Waals surface area contributed by atoms with Crippen LogP contribution in [0.4, 0.5) is 17.6 Å². The molecule has 0 spiro atoms. The van der Waals surface area contributed by atoms with Crippen molar-refractivity contribution in [2.24, 2.45) is 0 Å². The van der Waals surface area contributed by atoms with Crippen LogP contribution in [0.25, 0.3) is 0 Å². The number of carbonyl (C=O) groups excluding carboxylic acids is 2. The molecule has 1 aromatic carbocycles. The van der Waals surface area contributed by atoms with E-state index in [0.717, 1.165) is 31.4 Å². The maximum absolute atomic E-state index is 13.8. The Morgan fingerprint density at radius 1 is 1.00 bits per heavy atom. The monoisotopic (exact) mass is 433 g/mol. The zero-order valence-electron chi connectivity index (χ0n) is 17.6. The Kier molecular flexibility index (Phi) is 11.4. The van der Waals surface area contributed by atoms with E-state index in [4.69, 9.17) is 4.74 Å². The number of rotatable bonds is 13. The smallest absolute Gasteiger partial charge is 0.417 e. The van der Waals surface area contributed by atoms with E-state index in [0.29, 0.717) is 12.5 Å². The predicted molar refractivity (Wildman–Crippen MR) is 107 cm³/mol. The Morgan fingerprint density at radius 3 is 2.13 bits per heavy atom. The summed E-state index contributed by atoms with van der Waals surface area (Å²) in [5, 5.41) is 2.08. The van der Waals surface area contributed by atoms with Crippen LogP contribution in [-0.4, -0.2) is 24.5 Å². The van der Waals surface area contributed by atoms with Gasteiger partial charge in [-0.25, -0.2) is 9.18 Å². The molecule has 0 bridgehead atoms. The Balaban J connectivity index is 2.37. The van der Waals surface area contributed by atoms with Gasteiger partial charge in [0.15, 0.2) is 0 Å². The fourth-order valence-corrected chi connectivity index (χ4v) is 3.03. The van der Waals surface area contributed by atoms with E-state index in [1.807, 2.05) is 0 Å². The largest absolute Gasteiger partial charge is 0.464 e. The normalized spacial score (nSPS) is 12.5. The number of nitrogens with one attached hydrogen (secondary N) is 1. The molecule has 0 fully saturated rings. The van der Waals surface area contributed by atoms with Gasteiger partial charge in [-0.15, -0.1) is 0 Å². The van der Waals surface area contributed by atoms with Gasteiger partial charge in [-0.1, -0.05) is 64.4 Å². The Labute approximate surface area is 175 Å². The van der Waals surface area contributed by atoms with E-state index in [9.17, 15) is 27.2 Å². The fraction of sp³-hybridized carbons (Fsp3) is 0.636. The zero-order chi connectivity index (χ0) is 22.6. The SMILES string of the molecule is CCCCCCCCCCCOC(=O)C(C)NC(=O)c1c(F)cccc1C(F)(F)F. The number of esters is 1. The first-order valence-corrected chi connectivity index (χ1v) is 10.5. The van der Waals surface area contributed by atoms with Crippen molar-refractivity contribution in [2.75, 3.05) is 6.61 Å². The van der Waals surface area contributed by atoms with E-state index < -0.39 is 41.0 Å². The number of ether oxygens (including phenoxy) is 1. The molecule has 1 atom stereocenters. The number of halogens is 4. The number of hydrogen-bond donors (Lipinski definition) is 1. The molecule has 0 saturated carbocycles. The molecule has 0 heterocycles. The molecule has 0 radical (unpaired) electrons. The van der Waals surface area contributed by atoms with Crippen molar-refractivity contribution in [1.29, 1.82) is 0 Å². The summed E-state index contributed by atoms with van der Waals surface area (Å²) in [7, 11) is 0. The number of carbonyl (C=O) groups is 2. The topological polar surface area (TPSA) is 55.4 Å². The maximum Gasteiger partial charge on any atom is 0.417 e. The minimum absolute atomic E-state index is 0.169. The molecule has 1 unspecified atom stereocenters. The summed E-state index contributed by atoms with van der Waals surface area (Å²) in [6, 6.07) is 1.05. The van der Waals surface area contributed by atoms with E-state index >= 15 is 0 Å². The summed E-state index contributed by atoms with van der Waals surface area (Å²) in [6.45, 7) is 3.63. The Hall–Kier alpha value is -2.12. The third kappa shape index (κ3) is 9.13. The highest BCUT2D eigenvalue weighted by Crippen LogP contribution is 2.33. The lowest BCUT2D eigenvalue weighted by Gasteiger charge is -2.16. The summed E-state index contributed by atoms with van der Waals surface area (Å²) >= 11 is 0. The van der Waals surface area contributed by atoms with Crippen LogP contribution in [0.3, 0.4) is 0 Å². The number of benzene rings is 1. The van der Waals surface area contributed by atoms with Crippen LogP contribution in [0, 0.1) is 5.82 Å². The molecule has 0 saturated heterocycles. The van der Waals surface area contributed by atoms with Crippen molar-refractivity contribution in [2.45, 2.75) is 83.9 Å². The highest BCUT2D eigenvalue weighted by Gasteiger charge is 2.37. The quantitative estimate of drug-likeness (QED) is 0.235. The van der Waals surface area contributed by atoms with Crippen LogP contribution >= 0.6 is 0 Å². The molecular weight excluding hydrogens is 402 g/mol. The molecule has 0 aromatic heterocycles. The predicted octanol–water partition coefficient (Wildman–Crippen LogP) is 6.04. The van der Waals surface area contributed by atoms with Crippen molar-refractivity contribution >= 4 is 11.9 Å². The number of amides is 1. The van der Waals surface area contributed by atoms with E-state index in [-0.39, 0.29) is 6.61 Å². The summed E-state index contributed by atoms with van der Waals surface area (Å²) < 4.78 is 58.0. The van der Waals surface area contributed by atoms with Crippen LogP contribution in [0.1, 0.15) is 87.6 Å². The Bertz CT molecular complexity index is 677. The average Bonchev–Trinajstić information content (AvgIpc) is 2.68. The van der Waals surface area contributed by atoms with Crippen molar-refractivity contribution in [3.8, 4) is 0 Å². The first kappa shape index (κ1) is 25.9. The standard InChI is InChI=1S/C22H31F4NO3/c1-3-4-5-6-7-8-9-10-11-15-30-21(29)16(2)27-20(28)19-17(22(24,25)26)13-12-14-18(19)23/h12-14,16H,3-11,15H2,1-2H3,(H,27,28). The second kappa shape index (κ2) is 13.2. The molecule has 8 heteroatoms. The Morgan fingerprint density at radius 2 is 1.57 bits per heavy atom.